The zero-order chi connectivity index (χ0) is 14.5. The van der Waals surface area contributed by atoms with Crippen LogP contribution in [0.4, 0.5) is 5.69 Å². The summed E-state index contributed by atoms with van der Waals surface area (Å²) in [5.74, 6) is 0.413. The van der Waals surface area contributed by atoms with Crippen LogP contribution in [-0.4, -0.2) is 21.9 Å². The number of nitrogens with zero attached hydrogens (tertiary/aromatic N) is 2. The van der Waals surface area contributed by atoms with Crippen LogP contribution in [0.1, 0.15) is 30.0 Å². The monoisotopic (exact) mass is 309 g/mol. The fourth-order valence-corrected chi connectivity index (χ4v) is 3.27. The molecular formula is C13H15N3O2S2. The van der Waals surface area contributed by atoms with E-state index in [0.29, 0.717) is 17.9 Å². The van der Waals surface area contributed by atoms with Gasteiger partial charge in [-0.15, -0.1) is 0 Å². The first-order valence-corrected chi connectivity index (χ1v) is 7.80. The van der Waals surface area contributed by atoms with Crippen LogP contribution in [0.15, 0.2) is 27.4 Å². The largest absolute Gasteiger partial charge is 0.462 e. The van der Waals surface area contributed by atoms with Gasteiger partial charge in [0.25, 0.3) is 0 Å². The Hall–Kier alpha value is -1.60. The number of para-hydroxylation sites is 1. The molecule has 1 aromatic carbocycles. The van der Waals surface area contributed by atoms with Crippen molar-refractivity contribution in [2.24, 2.45) is 0 Å². The molecule has 20 heavy (non-hydrogen) atoms. The minimum absolute atomic E-state index is 0.325. The molecule has 1 aromatic heterocycles. The number of anilines is 1. The minimum atomic E-state index is -0.404. The summed E-state index contributed by atoms with van der Waals surface area (Å²) in [6.45, 7) is 4.10. The molecule has 0 aliphatic carbocycles. The molecule has 1 heterocycles. The van der Waals surface area contributed by atoms with Gasteiger partial charge >= 0.3 is 5.97 Å². The minimum Gasteiger partial charge on any atom is -0.462 e. The van der Waals surface area contributed by atoms with E-state index in [4.69, 9.17) is 10.5 Å². The van der Waals surface area contributed by atoms with Crippen LogP contribution in [0.5, 0.6) is 0 Å². The molecule has 7 heteroatoms. The normalized spacial score (nSPS) is 10.5. The maximum atomic E-state index is 11.8. The third-order valence-corrected chi connectivity index (χ3v) is 4.39. The molecule has 0 fully saturated rings. The highest BCUT2D eigenvalue weighted by atomic mass is 32.2. The van der Waals surface area contributed by atoms with Crippen molar-refractivity contribution in [3.8, 4) is 0 Å². The van der Waals surface area contributed by atoms with Crippen LogP contribution in [0.25, 0.3) is 0 Å². The van der Waals surface area contributed by atoms with Gasteiger partial charge in [0.1, 0.15) is 5.82 Å². The van der Waals surface area contributed by atoms with Crippen molar-refractivity contribution in [1.29, 1.82) is 0 Å². The maximum absolute atomic E-state index is 11.8. The fourth-order valence-electron chi connectivity index (χ4n) is 1.54. The van der Waals surface area contributed by atoms with Gasteiger partial charge in [0, 0.05) is 11.3 Å². The molecule has 0 saturated carbocycles. The predicted octanol–water partition coefficient (Wildman–Crippen LogP) is 3.01. The second-order valence-electron chi connectivity index (χ2n) is 3.87. The van der Waals surface area contributed by atoms with Crippen LogP contribution in [0.3, 0.4) is 0 Å². The quantitative estimate of drug-likeness (QED) is 0.675. The van der Waals surface area contributed by atoms with Gasteiger partial charge in [-0.25, -0.2) is 9.78 Å². The van der Waals surface area contributed by atoms with Gasteiger partial charge in [-0.3, -0.25) is 0 Å². The molecule has 0 saturated heterocycles. The first kappa shape index (κ1) is 14.8. The standard InChI is InChI=1S/C13H15N3O2S2/c1-3-10-15-13(20-16-10)19-9-7-5-6-8(11(9)14)12(17)18-4-2/h5-7H,3-4,14H2,1-2H3. The lowest BCUT2D eigenvalue weighted by molar-refractivity contribution is 0.0527. The Bertz CT molecular complexity index is 613. The maximum Gasteiger partial charge on any atom is 0.340 e. The fraction of sp³-hybridized carbons (Fsp3) is 0.308. The Morgan fingerprint density at radius 3 is 2.90 bits per heavy atom. The van der Waals surface area contributed by atoms with Gasteiger partial charge in [-0.05, 0) is 30.6 Å². The number of aryl methyl sites for hydroxylation is 1. The summed E-state index contributed by atoms with van der Waals surface area (Å²) in [7, 11) is 0. The van der Waals surface area contributed by atoms with Gasteiger partial charge in [0.2, 0.25) is 0 Å². The zero-order valence-electron chi connectivity index (χ0n) is 11.3. The number of nitrogens with two attached hydrogens (primary N) is 1. The summed E-state index contributed by atoms with van der Waals surface area (Å²) < 4.78 is 10.0. The molecular weight excluding hydrogens is 294 g/mol. The van der Waals surface area contributed by atoms with Crippen molar-refractivity contribution in [3.63, 3.8) is 0 Å². The lowest BCUT2D eigenvalue weighted by atomic mass is 10.2. The summed E-state index contributed by atoms with van der Waals surface area (Å²) in [6.07, 6.45) is 0.801. The molecule has 0 radical (unpaired) electrons. The van der Waals surface area contributed by atoms with Crippen molar-refractivity contribution in [1.82, 2.24) is 9.36 Å². The van der Waals surface area contributed by atoms with Crippen molar-refractivity contribution < 1.29 is 9.53 Å². The molecule has 0 unspecified atom stereocenters. The molecule has 0 amide bonds. The molecule has 106 valence electrons. The summed E-state index contributed by atoms with van der Waals surface area (Å²) in [6, 6.07) is 5.30. The summed E-state index contributed by atoms with van der Waals surface area (Å²) >= 11 is 2.74. The van der Waals surface area contributed by atoms with Crippen molar-refractivity contribution in [2.45, 2.75) is 29.5 Å². The second-order valence-corrected chi connectivity index (χ2v) is 5.91. The Morgan fingerprint density at radius 1 is 1.45 bits per heavy atom. The van der Waals surface area contributed by atoms with Gasteiger partial charge in [0.05, 0.1) is 17.9 Å². The molecule has 0 atom stereocenters. The number of hydrogen-bond acceptors (Lipinski definition) is 7. The third kappa shape index (κ3) is 3.29. The van der Waals surface area contributed by atoms with E-state index in [1.807, 2.05) is 13.0 Å². The summed E-state index contributed by atoms with van der Waals surface area (Å²) in [5, 5.41) is 0. The molecule has 5 nitrogen and oxygen atoms in total. The van der Waals surface area contributed by atoms with Gasteiger partial charge in [-0.1, -0.05) is 24.8 Å². The lowest BCUT2D eigenvalue weighted by Gasteiger charge is -2.08. The highest BCUT2D eigenvalue weighted by Crippen LogP contribution is 2.34. The number of rotatable bonds is 5. The smallest absolute Gasteiger partial charge is 0.340 e. The van der Waals surface area contributed by atoms with Gasteiger partial charge in [-0.2, -0.15) is 4.37 Å². The molecule has 2 rings (SSSR count). The van der Waals surface area contributed by atoms with Crippen molar-refractivity contribution >= 4 is 35.0 Å². The molecule has 0 bridgehead atoms. The lowest BCUT2D eigenvalue weighted by Crippen LogP contribution is -2.08. The number of nitrogen functional groups attached to an aromatic ring is 1. The van der Waals surface area contributed by atoms with E-state index in [9.17, 15) is 4.79 Å². The first-order valence-electron chi connectivity index (χ1n) is 6.21. The van der Waals surface area contributed by atoms with E-state index >= 15 is 0 Å². The number of hydrogen-bond donors (Lipinski definition) is 1. The molecule has 2 N–H and O–H groups in total. The second kappa shape index (κ2) is 6.71. The van der Waals surface area contributed by atoms with Gasteiger partial charge < -0.3 is 10.5 Å². The van der Waals surface area contributed by atoms with E-state index < -0.39 is 5.97 Å². The van der Waals surface area contributed by atoms with Crippen molar-refractivity contribution in [3.05, 3.63) is 29.6 Å². The Balaban J connectivity index is 2.24. The Kier molecular flexibility index (Phi) is 4.97. The first-order chi connectivity index (χ1) is 9.65. The van der Waals surface area contributed by atoms with E-state index in [1.54, 1.807) is 19.1 Å². The molecule has 0 aliphatic heterocycles. The van der Waals surface area contributed by atoms with Crippen LogP contribution < -0.4 is 5.73 Å². The van der Waals surface area contributed by atoms with E-state index in [1.165, 1.54) is 23.3 Å². The van der Waals surface area contributed by atoms with E-state index in [0.717, 1.165) is 21.5 Å². The van der Waals surface area contributed by atoms with Crippen molar-refractivity contribution in [2.75, 3.05) is 12.3 Å². The van der Waals surface area contributed by atoms with Crippen LogP contribution in [-0.2, 0) is 11.2 Å². The van der Waals surface area contributed by atoms with Crippen LogP contribution in [0, 0.1) is 0 Å². The third-order valence-electron chi connectivity index (χ3n) is 2.52. The molecule has 0 aliphatic rings. The zero-order valence-corrected chi connectivity index (χ0v) is 12.9. The topological polar surface area (TPSA) is 78.1 Å². The number of esters is 1. The average molecular weight is 309 g/mol. The summed E-state index contributed by atoms with van der Waals surface area (Å²) in [4.78, 5) is 16.9. The van der Waals surface area contributed by atoms with Gasteiger partial charge in [0.15, 0.2) is 4.34 Å². The highest BCUT2D eigenvalue weighted by Gasteiger charge is 2.15. The Labute approximate surface area is 125 Å². The van der Waals surface area contributed by atoms with Crippen LogP contribution in [0.2, 0.25) is 0 Å². The SMILES string of the molecule is CCOC(=O)c1cccc(Sc2nc(CC)ns2)c1N. The number of aromatic nitrogens is 2. The predicted molar refractivity (Wildman–Crippen MR) is 80.2 cm³/mol. The Morgan fingerprint density at radius 2 is 2.25 bits per heavy atom. The average Bonchev–Trinajstić information content (AvgIpc) is 2.89. The number of ether oxygens (including phenoxy) is 1. The highest BCUT2D eigenvalue weighted by molar-refractivity contribution is 8.01. The number of carbonyl (C=O) groups excluding carboxylic acids is 1. The van der Waals surface area contributed by atoms with Crippen LogP contribution >= 0.6 is 23.3 Å². The number of carbonyl (C=O) groups is 1. The molecule has 2 aromatic rings. The van der Waals surface area contributed by atoms with E-state index in [2.05, 4.69) is 9.36 Å². The summed E-state index contributed by atoms with van der Waals surface area (Å²) in [5.41, 5.74) is 6.84. The van der Waals surface area contributed by atoms with E-state index in [-0.39, 0.29) is 0 Å². The molecule has 0 spiro atoms. The number of benzene rings is 1.